The fraction of sp³-hybridized carbons (Fsp3) is 0.567. The van der Waals surface area contributed by atoms with Crippen LogP contribution in [-0.4, -0.2) is 67.7 Å². The van der Waals surface area contributed by atoms with Crippen LogP contribution in [0.5, 0.6) is 0 Å². The molecule has 43 heavy (non-hydrogen) atoms. The van der Waals surface area contributed by atoms with Crippen molar-refractivity contribution in [2.24, 2.45) is 16.7 Å². The first-order valence-electron chi connectivity index (χ1n) is 13.7. The molecule has 10 nitrogen and oxygen atoms in total. The molecule has 3 heterocycles. The first-order chi connectivity index (χ1) is 19.6. The lowest BCUT2D eigenvalue weighted by molar-refractivity contribution is -0.176. The molecule has 3 amide bonds. The number of carbonyl (C=O) groups excluding carboxylic acids is 3. The highest BCUT2D eigenvalue weighted by Crippen LogP contribution is 2.41. The van der Waals surface area contributed by atoms with Crippen LogP contribution in [0.1, 0.15) is 72.6 Å². The van der Waals surface area contributed by atoms with E-state index in [9.17, 15) is 37.9 Å². The summed E-state index contributed by atoms with van der Waals surface area (Å²) in [6.07, 6.45) is -2.16. The van der Waals surface area contributed by atoms with E-state index >= 15 is 0 Å². The molecular formula is C30H37F3N6O4. The number of nitrogens with zero attached hydrogens (tertiary/aromatic N) is 4. The van der Waals surface area contributed by atoms with Crippen LogP contribution in [0.15, 0.2) is 24.5 Å². The summed E-state index contributed by atoms with van der Waals surface area (Å²) in [5.41, 5.74) is -1.83. The minimum absolute atomic E-state index is 0.0319. The van der Waals surface area contributed by atoms with Gasteiger partial charge >= 0.3 is 12.1 Å². The third-order valence-corrected chi connectivity index (χ3v) is 7.62. The van der Waals surface area contributed by atoms with Crippen LogP contribution in [0.4, 0.5) is 13.2 Å². The highest BCUT2D eigenvalue weighted by Gasteiger charge is 2.53. The Kier molecular flexibility index (Phi) is 8.96. The van der Waals surface area contributed by atoms with Gasteiger partial charge in [-0.15, -0.1) is 0 Å². The van der Waals surface area contributed by atoms with E-state index in [0.29, 0.717) is 16.6 Å². The standard InChI is InChI=1S/C30H37F3N6O4/c1-17-21(38(16-28(17,5)6)25(41)23(27(2,3)4)37-26(42)30(31,32)33)24(40)36-20(14-34)19-15-35-39-13-9-10-18(22(19)39)11-12-29(7,8)43/h9-10,13,15,17,20-21,23,43H,16H2,1-8H3,(H,36,40)(H,37,42). The molecule has 2 aromatic heterocycles. The minimum atomic E-state index is -5.21. The van der Waals surface area contributed by atoms with Crippen LogP contribution in [0.25, 0.3) is 5.52 Å². The molecule has 0 bridgehead atoms. The van der Waals surface area contributed by atoms with Gasteiger partial charge in [-0.3, -0.25) is 14.4 Å². The zero-order chi connectivity index (χ0) is 32.7. The monoisotopic (exact) mass is 602 g/mol. The van der Waals surface area contributed by atoms with Crippen molar-refractivity contribution in [1.82, 2.24) is 25.1 Å². The summed E-state index contributed by atoms with van der Waals surface area (Å²) in [6, 6.07) is 1.46. The van der Waals surface area contributed by atoms with E-state index in [4.69, 9.17) is 0 Å². The maximum atomic E-state index is 13.8. The molecule has 1 aliphatic rings. The quantitative estimate of drug-likeness (QED) is 0.450. The van der Waals surface area contributed by atoms with Crippen LogP contribution in [0.2, 0.25) is 0 Å². The lowest BCUT2D eigenvalue weighted by atomic mass is 9.80. The second-order valence-corrected chi connectivity index (χ2v) is 13.2. The molecule has 0 saturated carbocycles. The zero-order valence-corrected chi connectivity index (χ0v) is 25.4. The maximum Gasteiger partial charge on any atom is 0.471 e. The number of amides is 3. The van der Waals surface area contributed by atoms with Crippen LogP contribution in [0.3, 0.4) is 0 Å². The number of hydrogen-bond donors (Lipinski definition) is 3. The van der Waals surface area contributed by atoms with Crippen molar-refractivity contribution >= 4 is 23.2 Å². The van der Waals surface area contributed by atoms with Gasteiger partial charge < -0.3 is 20.6 Å². The fourth-order valence-corrected chi connectivity index (χ4v) is 5.00. The summed E-state index contributed by atoms with van der Waals surface area (Å²) in [5.74, 6) is 1.36. The lowest BCUT2D eigenvalue weighted by Gasteiger charge is -2.36. The highest BCUT2D eigenvalue weighted by molar-refractivity contribution is 5.94. The number of aromatic nitrogens is 2. The van der Waals surface area contributed by atoms with Gasteiger partial charge in [0.15, 0.2) is 0 Å². The van der Waals surface area contributed by atoms with Crippen LogP contribution in [-0.2, 0) is 14.4 Å². The number of carbonyl (C=O) groups is 3. The van der Waals surface area contributed by atoms with Gasteiger partial charge in [-0.25, -0.2) is 4.52 Å². The number of alkyl halides is 3. The summed E-state index contributed by atoms with van der Waals surface area (Å²) in [6.45, 7) is 13.0. The van der Waals surface area contributed by atoms with E-state index < -0.39 is 64.4 Å². The Morgan fingerprint density at radius 3 is 2.33 bits per heavy atom. The lowest BCUT2D eigenvalue weighted by Crippen LogP contribution is -2.60. The van der Waals surface area contributed by atoms with Crippen LogP contribution >= 0.6 is 0 Å². The van der Waals surface area contributed by atoms with E-state index in [1.165, 1.54) is 50.2 Å². The first kappa shape index (κ1) is 33.4. The summed E-state index contributed by atoms with van der Waals surface area (Å²) in [4.78, 5) is 40.7. The van der Waals surface area contributed by atoms with E-state index in [-0.39, 0.29) is 6.54 Å². The molecule has 1 aliphatic heterocycles. The number of fused-ring (bicyclic) bond motifs is 1. The van der Waals surface area contributed by atoms with Crippen LogP contribution in [0, 0.1) is 39.9 Å². The van der Waals surface area contributed by atoms with E-state index in [2.05, 4.69) is 28.3 Å². The highest BCUT2D eigenvalue weighted by atomic mass is 19.4. The maximum absolute atomic E-state index is 13.8. The summed E-state index contributed by atoms with van der Waals surface area (Å²) in [5, 5.41) is 28.9. The Morgan fingerprint density at radius 1 is 1.16 bits per heavy atom. The molecule has 1 fully saturated rings. The van der Waals surface area contributed by atoms with E-state index in [0.717, 1.165) is 0 Å². The van der Waals surface area contributed by atoms with Gasteiger partial charge in [0.2, 0.25) is 11.8 Å². The zero-order valence-electron chi connectivity index (χ0n) is 25.4. The Bertz CT molecular complexity index is 1520. The predicted molar refractivity (Wildman–Crippen MR) is 151 cm³/mol. The van der Waals surface area contributed by atoms with Crippen molar-refractivity contribution in [3.05, 3.63) is 35.7 Å². The van der Waals surface area contributed by atoms with Gasteiger partial charge in [0.05, 0.1) is 23.3 Å². The number of halogens is 3. The number of nitriles is 1. The third-order valence-electron chi connectivity index (χ3n) is 7.62. The molecule has 0 aliphatic carbocycles. The van der Waals surface area contributed by atoms with Crippen molar-refractivity contribution < 1.29 is 32.7 Å². The topological polar surface area (TPSA) is 140 Å². The second kappa shape index (κ2) is 11.5. The molecule has 232 valence electrons. The van der Waals surface area contributed by atoms with Crippen molar-refractivity contribution in [3.8, 4) is 17.9 Å². The summed E-state index contributed by atoms with van der Waals surface area (Å²) >= 11 is 0. The molecule has 3 N–H and O–H groups in total. The van der Waals surface area contributed by atoms with E-state index in [1.807, 2.05) is 19.2 Å². The Morgan fingerprint density at radius 2 is 1.79 bits per heavy atom. The van der Waals surface area contributed by atoms with Crippen molar-refractivity contribution in [3.63, 3.8) is 0 Å². The number of likely N-dealkylation sites (tertiary alicyclic amines) is 1. The average Bonchev–Trinajstić information content (AvgIpc) is 3.40. The van der Waals surface area contributed by atoms with Gasteiger partial charge in [0, 0.05) is 18.3 Å². The molecule has 1 saturated heterocycles. The fourth-order valence-electron chi connectivity index (χ4n) is 5.00. The Hall–Kier alpha value is -4.10. The number of nitrogens with one attached hydrogen (secondary N) is 2. The first-order valence-corrected chi connectivity index (χ1v) is 13.7. The molecule has 13 heteroatoms. The number of pyridine rings is 1. The number of hydrogen-bond acceptors (Lipinski definition) is 6. The van der Waals surface area contributed by atoms with Crippen molar-refractivity contribution in [1.29, 1.82) is 5.26 Å². The van der Waals surface area contributed by atoms with E-state index in [1.54, 1.807) is 25.3 Å². The normalized spacial score (nSPS) is 20.0. The van der Waals surface area contributed by atoms with Crippen molar-refractivity contribution in [2.75, 3.05) is 6.54 Å². The Balaban J connectivity index is 2.00. The molecule has 0 spiro atoms. The minimum Gasteiger partial charge on any atom is -0.378 e. The van der Waals surface area contributed by atoms with Gasteiger partial charge in [0.25, 0.3) is 0 Å². The Labute approximate surface area is 248 Å². The largest absolute Gasteiger partial charge is 0.471 e. The molecule has 0 aromatic carbocycles. The molecular weight excluding hydrogens is 565 g/mol. The number of aliphatic hydroxyl groups is 1. The smallest absolute Gasteiger partial charge is 0.378 e. The summed E-state index contributed by atoms with van der Waals surface area (Å²) < 4.78 is 40.9. The number of rotatable bonds is 5. The average molecular weight is 603 g/mol. The van der Waals surface area contributed by atoms with Gasteiger partial charge in [-0.05, 0) is 42.7 Å². The molecule has 4 atom stereocenters. The predicted octanol–water partition coefficient (Wildman–Crippen LogP) is 3.10. The molecule has 2 aromatic rings. The molecule has 3 rings (SSSR count). The van der Waals surface area contributed by atoms with Gasteiger partial charge in [0.1, 0.15) is 23.7 Å². The van der Waals surface area contributed by atoms with Crippen LogP contribution < -0.4 is 10.6 Å². The second-order valence-electron chi connectivity index (χ2n) is 13.2. The summed E-state index contributed by atoms with van der Waals surface area (Å²) in [7, 11) is 0. The molecule has 0 radical (unpaired) electrons. The van der Waals surface area contributed by atoms with Gasteiger partial charge in [-0.1, -0.05) is 53.4 Å². The molecule has 4 unspecified atom stereocenters. The SMILES string of the molecule is CC1C(C(=O)NC(C#N)c2cnn3cccc(C#CC(C)(C)O)c23)N(C(=O)C(NC(=O)C(F)(F)F)C(C)(C)C)CC1(C)C. The van der Waals surface area contributed by atoms with Gasteiger partial charge in [-0.2, -0.15) is 23.5 Å². The van der Waals surface area contributed by atoms with Crippen molar-refractivity contribution in [2.45, 2.75) is 85.3 Å². The third kappa shape index (κ3) is 7.28.